The van der Waals surface area contributed by atoms with Gasteiger partial charge in [0.1, 0.15) is 5.75 Å². The van der Waals surface area contributed by atoms with Crippen LogP contribution < -0.4 is 10.1 Å². The summed E-state index contributed by atoms with van der Waals surface area (Å²) in [4.78, 5) is 0. The molecular formula is C14H23ClNO+. The fourth-order valence-electron chi connectivity index (χ4n) is 1.60. The number of nitrogens with two attached hydrogens (primary N) is 1. The lowest BCUT2D eigenvalue weighted by molar-refractivity contribution is -0.655. The van der Waals surface area contributed by atoms with Crippen molar-refractivity contribution in [2.24, 2.45) is 0 Å². The van der Waals surface area contributed by atoms with Crippen LogP contribution in [0.5, 0.6) is 5.75 Å². The Balaban J connectivity index is 1.95. The smallest absolute Gasteiger partial charge is 0.119 e. The molecule has 0 radical (unpaired) electrons. The van der Waals surface area contributed by atoms with Crippen molar-refractivity contribution in [3.8, 4) is 5.75 Å². The van der Waals surface area contributed by atoms with Gasteiger partial charge in [-0.25, -0.2) is 0 Å². The number of hydrogen-bond donors (Lipinski definition) is 1. The second-order valence-electron chi connectivity index (χ2n) is 4.23. The molecule has 1 rings (SSSR count). The van der Waals surface area contributed by atoms with Crippen LogP contribution in [-0.4, -0.2) is 19.7 Å². The van der Waals surface area contributed by atoms with Gasteiger partial charge in [-0.15, -0.1) is 0 Å². The van der Waals surface area contributed by atoms with E-state index >= 15 is 0 Å². The van der Waals surface area contributed by atoms with Gasteiger partial charge in [-0.1, -0.05) is 24.9 Å². The molecule has 17 heavy (non-hydrogen) atoms. The molecule has 0 heterocycles. The Labute approximate surface area is 109 Å². The number of unbranched alkanes of at least 4 members (excludes halogenated alkanes) is 2. The molecule has 0 aliphatic rings. The number of hydrogen-bond acceptors (Lipinski definition) is 1. The molecule has 96 valence electrons. The first-order chi connectivity index (χ1) is 8.33. The molecule has 0 aliphatic heterocycles. The van der Waals surface area contributed by atoms with Gasteiger partial charge < -0.3 is 10.1 Å². The van der Waals surface area contributed by atoms with Crippen molar-refractivity contribution < 1.29 is 10.1 Å². The van der Waals surface area contributed by atoms with Crippen LogP contribution in [-0.2, 0) is 0 Å². The van der Waals surface area contributed by atoms with Crippen molar-refractivity contribution >= 4 is 11.6 Å². The molecule has 0 spiro atoms. The lowest BCUT2D eigenvalue weighted by atomic mass is 10.3. The highest BCUT2D eigenvalue weighted by Gasteiger charge is 1.95. The summed E-state index contributed by atoms with van der Waals surface area (Å²) in [6, 6.07) is 7.54. The molecule has 2 nitrogen and oxygen atoms in total. The summed E-state index contributed by atoms with van der Waals surface area (Å²) in [6.45, 7) is 5.50. The van der Waals surface area contributed by atoms with Gasteiger partial charge in [0.2, 0.25) is 0 Å². The molecule has 1 aromatic rings. The number of benzene rings is 1. The van der Waals surface area contributed by atoms with Crippen molar-refractivity contribution in [2.45, 2.75) is 32.6 Å². The standard InChI is InChI=1S/C14H22ClNO/c1-2-3-10-16-11-4-5-12-17-14-8-6-13(15)7-9-14/h6-9,16H,2-5,10-12H2,1H3/p+1. The van der Waals surface area contributed by atoms with Crippen LogP contribution >= 0.6 is 11.6 Å². The Morgan fingerprint density at radius 1 is 1.06 bits per heavy atom. The fraction of sp³-hybridized carbons (Fsp3) is 0.571. The van der Waals surface area contributed by atoms with Crippen molar-refractivity contribution in [1.29, 1.82) is 0 Å². The molecule has 0 amide bonds. The third kappa shape index (κ3) is 7.24. The average molecular weight is 257 g/mol. The molecule has 0 aromatic heterocycles. The highest BCUT2D eigenvalue weighted by atomic mass is 35.5. The maximum Gasteiger partial charge on any atom is 0.119 e. The third-order valence-electron chi connectivity index (χ3n) is 2.65. The Hall–Kier alpha value is -0.730. The maximum atomic E-state index is 5.80. The minimum Gasteiger partial charge on any atom is -0.494 e. The minimum atomic E-state index is 0.753. The molecule has 2 N–H and O–H groups in total. The SMILES string of the molecule is CCCC[NH2+]CCCCOc1ccc(Cl)cc1. The highest BCUT2D eigenvalue weighted by molar-refractivity contribution is 6.30. The Bertz CT molecular complexity index is 287. The highest BCUT2D eigenvalue weighted by Crippen LogP contribution is 2.15. The van der Waals surface area contributed by atoms with Gasteiger partial charge in [0.05, 0.1) is 19.7 Å². The second-order valence-corrected chi connectivity index (χ2v) is 4.67. The molecule has 0 atom stereocenters. The number of ether oxygens (including phenoxy) is 1. The zero-order valence-electron chi connectivity index (χ0n) is 10.6. The zero-order valence-corrected chi connectivity index (χ0v) is 11.4. The summed E-state index contributed by atoms with van der Waals surface area (Å²) in [6.07, 6.45) is 4.94. The monoisotopic (exact) mass is 256 g/mol. The number of halogens is 1. The average Bonchev–Trinajstić information content (AvgIpc) is 2.35. The first-order valence-corrected chi connectivity index (χ1v) is 6.90. The van der Waals surface area contributed by atoms with E-state index in [1.54, 1.807) is 0 Å². The lowest BCUT2D eigenvalue weighted by Crippen LogP contribution is -2.84. The van der Waals surface area contributed by atoms with Crippen LogP contribution in [0, 0.1) is 0 Å². The maximum absolute atomic E-state index is 5.80. The molecule has 0 fully saturated rings. The second kappa shape index (κ2) is 9.32. The van der Waals surface area contributed by atoms with E-state index in [0.717, 1.165) is 23.8 Å². The van der Waals surface area contributed by atoms with Crippen LogP contribution in [0.2, 0.25) is 5.02 Å². The van der Waals surface area contributed by atoms with Crippen molar-refractivity contribution in [2.75, 3.05) is 19.7 Å². The van der Waals surface area contributed by atoms with E-state index in [1.165, 1.54) is 32.4 Å². The first-order valence-electron chi connectivity index (χ1n) is 6.53. The summed E-state index contributed by atoms with van der Waals surface area (Å²) in [5.74, 6) is 0.907. The molecule has 0 saturated carbocycles. The van der Waals surface area contributed by atoms with E-state index in [0.29, 0.717) is 0 Å². The summed E-state index contributed by atoms with van der Waals surface area (Å²) in [5.41, 5.74) is 0. The quantitative estimate of drug-likeness (QED) is 0.676. The van der Waals surface area contributed by atoms with E-state index < -0.39 is 0 Å². The van der Waals surface area contributed by atoms with Gasteiger partial charge in [-0.05, 0) is 43.5 Å². The first kappa shape index (κ1) is 14.3. The van der Waals surface area contributed by atoms with Crippen molar-refractivity contribution in [3.05, 3.63) is 29.3 Å². The van der Waals surface area contributed by atoms with Crippen LogP contribution in [0.15, 0.2) is 24.3 Å². The van der Waals surface area contributed by atoms with Gasteiger partial charge in [0.15, 0.2) is 0 Å². The predicted molar refractivity (Wildman–Crippen MR) is 72.7 cm³/mol. The zero-order chi connectivity index (χ0) is 12.3. The third-order valence-corrected chi connectivity index (χ3v) is 2.90. The van der Waals surface area contributed by atoms with Gasteiger partial charge in [0.25, 0.3) is 0 Å². The molecule has 0 unspecified atom stereocenters. The summed E-state index contributed by atoms with van der Waals surface area (Å²) < 4.78 is 5.62. The normalized spacial score (nSPS) is 10.5. The molecule has 3 heteroatoms. The number of rotatable bonds is 9. The van der Waals surface area contributed by atoms with Gasteiger partial charge in [0, 0.05) is 5.02 Å². The fourth-order valence-corrected chi connectivity index (χ4v) is 1.73. The molecule has 0 saturated heterocycles. The van der Waals surface area contributed by atoms with Crippen LogP contribution in [0.1, 0.15) is 32.6 Å². The summed E-state index contributed by atoms with van der Waals surface area (Å²) >= 11 is 5.80. The van der Waals surface area contributed by atoms with Crippen LogP contribution in [0.3, 0.4) is 0 Å². The summed E-state index contributed by atoms with van der Waals surface area (Å²) in [7, 11) is 0. The van der Waals surface area contributed by atoms with E-state index in [1.807, 2.05) is 24.3 Å². The minimum absolute atomic E-state index is 0.753. The molecule has 0 aliphatic carbocycles. The Morgan fingerprint density at radius 3 is 2.47 bits per heavy atom. The molecule has 0 bridgehead atoms. The van der Waals surface area contributed by atoms with Crippen molar-refractivity contribution in [1.82, 2.24) is 0 Å². The Kier molecular flexibility index (Phi) is 7.85. The topological polar surface area (TPSA) is 25.8 Å². The van der Waals surface area contributed by atoms with E-state index in [-0.39, 0.29) is 0 Å². The largest absolute Gasteiger partial charge is 0.494 e. The van der Waals surface area contributed by atoms with E-state index in [2.05, 4.69) is 12.2 Å². The van der Waals surface area contributed by atoms with Crippen LogP contribution in [0.4, 0.5) is 0 Å². The van der Waals surface area contributed by atoms with Gasteiger partial charge in [-0.3, -0.25) is 0 Å². The molecule has 1 aromatic carbocycles. The van der Waals surface area contributed by atoms with E-state index in [9.17, 15) is 0 Å². The van der Waals surface area contributed by atoms with Gasteiger partial charge >= 0.3 is 0 Å². The van der Waals surface area contributed by atoms with Crippen LogP contribution in [0.25, 0.3) is 0 Å². The van der Waals surface area contributed by atoms with Gasteiger partial charge in [-0.2, -0.15) is 0 Å². The number of quaternary nitrogens is 1. The Morgan fingerprint density at radius 2 is 1.76 bits per heavy atom. The van der Waals surface area contributed by atoms with E-state index in [4.69, 9.17) is 16.3 Å². The van der Waals surface area contributed by atoms with Crippen molar-refractivity contribution in [3.63, 3.8) is 0 Å². The predicted octanol–water partition coefficient (Wildman–Crippen LogP) is 2.86. The lowest BCUT2D eigenvalue weighted by Gasteiger charge is -2.05. The summed E-state index contributed by atoms with van der Waals surface area (Å²) in [5, 5.41) is 3.15. The molecular weight excluding hydrogens is 234 g/mol.